The predicted molar refractivity (Wildman–Crippen MR) is 43.0 cm³/mol. The molecule has 0 unspecified atom stereocenters. The second-order valence-corrected chi connectivity index (χ2v) is 4.84. The molecule has 2 saturated carbocycles. The van der Waals surface area contributed by atoms with Crippen LogP contribution in [0.3, 0.4) is 0 Å². The Morgan fingerprint density at radius 3 is 2.08 bits per heavy atom. The summed E-state index contributed by atoms with van der Waals surface area (Å²) in [7, 11) is 0. The third-order valence-corrected chi connectivity index (χ3v) is 4.21. The molecule has 2 atom stereocenters. The van der Waals surface area contributed by atoms with Crippen molar-refractivity contribution in [1.82, 2.24) is 0 Å². The van der Waals surface area contributed by atoms with Gasteiger partial charge in [-0.05, 0) is 24.2 Å². The first-order valence-electron chi connectivity index (χ1n) is 4.48. The maximum Gasteiger partial charge on any atom is 0.266 e. The smallest absolute Gasteiger partial charge is 0.266 e. The molecular weight excluding hydrogens is 160 g/mol. The third-order valence-electron chi connectivity index (χ3n) is 4.21. The number of rotatable bonds is 0. The number of alkyl halides is 2. The molecule has 2 aliphatic carbocycles. The van der Waals surface area contributed by atoms with Gasteiger partial charge in [0.25, 0.3) is 5.92 Å². The summed E-state index contributed by atoms with van der Waals surface area (Å²) in [6.07, 6.45) is 1.35. The lowest BCUT2D eigenvalue weighted by molar-refractivity contribution is -0.0806. The Kier molecular flexibility index (Phi) is 1.29. The topological polar surface area (TPSA) is 26.0 Å². The highest BCUT2D eigenvalue weighted by atomic mass is 19.3. The van der Waals surface area contributed by atoms with E-state index < -0.39 is 11.5 Å². The Morgan fingerprint density at radius 1 is 1.33 bits per heavy atom. The van der Waals surface area contributed by atoms with Crippen LogP contribution in [0.2, 0.25) is 0 Å². The summed E-state index contributed by atoms with van der Waals surface area (Å²) in [5, 5.41) is 0. The van der Waals surface area contributed by atoms with Gasteiger partial charge in [-0.2, -0.15) is 0 Å². The lowest BCUT2D eigenvalue weighted by atomic mass is 9.76. The van der Waals surface area contributed by atoms with Crippen molar-refractivity contribution in [3.05, 3.63) is 0 Å². The molecule has 1 nitrogen and oxygen atoms in total. The summed E-state index contributed by atoms with van der Waals surface area (Å²) in [5.41, 5.74) is 4.20. The van der Waals surface area contributed by atoms with Crippen molar-refractivity contribution in [1.29, 1.82) is 0 Å². The average Bonchev–Trinajstić information content (AvgIpc) is 2.18. The summed E-state index contributed by atoms with van der Waals surface area (Å²) in [6.45, 7) is 3.76. The SMILES string of the molecule is CC1(C)[C@@H]2CC[C@@]1(N)C(F)(F)C2. The van der Waals surface area contributed by atoms with Crippen molar-refractivity contribution < 1.29 is 8.78 Å². The zero-order valence-corrected chi connectivity index (χ0v) is 7.53. The van der Waals surface area contributed by atoms with Crippen molar-refractivity contribution in [2.75, 3.05) is 0 Å². The minimum atomic E-state index is -2.64. The third kappa shape index (κ3) is 0.630. The molecule has 3 heteroatoms. The molecule has 0 aromatic heterocycles. The zero-order chi connectivity index (χ0) is 9.20. The Balaban J connectivity index is 2.47. The van der Waals surface area contributed by atoms with E-state index in [1.165, 1.54) is 0 Å². The number of hydrogen-bond acceptors (Lipinski definition) is 1. The van der Waals surface area contributed by atoms with Crippen LogP contribution >= 0.6 is 0 Å². The molecule has 0 aliphatic heterocycles. The van der Waals surface area contributed by atoms with Crippen molar-refractivity contribution in [2.45, 2.75) is 44.6 Å². The molecule has 2 aliphatic rings. The lowest BCUT2D eigenvalue weighted by Gasteiger charge is -2.38. The van der Waals surface area contributed by atoms with E-state index in [9.17, 15) is 8.78 Å². The highest BCUT2D eigenvalue weighted by molar-refractivity contribution is 5.20. The van der Waals surface area contributed by atoms with Gasteiger partial charge >= 0.3 is 0 Å². The molecule has 0 aromatic carbocycles. The molecule has 2 fully saturated rings. The Morgan fingerprint density at radius 2 is 1.92 bits per heavy atom. The van der Waals surface area contributed by atoms with Gasteiger partial charge in [0.2, 0.25) is 0 Å². The normalized spacial score (nSPS) is 48.2. The predicted octanol–water partition coefficient (Wildman–Crippen LogP) is 2.16. The standard InChI is InChI=1S/C9H15F2N/c1-7(2)6-3-4-8(7,12)9(10,11)5-6/h6H,3-5,12H2,1-2H3/t6-,8+/m1/s1. The van der Waals surface area contributed by atoms with Crippen LogP contribution in [0.25, 0.3) is 0 Å². The van der Waals surface area contributed by atoms with E-state index in [-0.39, 0.29) is 17.8 Å². The van der Waals surface area contributed by atoms with Crippen LogP contribution in [0, 0.1) is 11.3 Å². The van der Waals surface area contributed by atoms with E-state index in [1.807, 2.05) is 13.8 Å². The van der Waals surface area contributed by atoms with Gasteiger partial charge in [-0.25, -0.2) is 8.78 Å². The highest BCUT2D eigenvalue weighted by Crippen LogP contribution is 2.64. The highest BCUT2D eigenvalue weighted by Gasteiger charge is 2.71. The molecule has 2 N–H and O–H groups in total. The first-order valence-corrected chi connectivity index (χ1v) is 4.48. The fraction of sp³-hybridized carbons (Fsp3) is 1.00. The van der Waals surface area contributed by atoms with Gasteiger partial charge in [-0.1, -0.05) is 13.8 Å². The van der Waals surface area contributed by atoms with Crippen LogP contribution < -0.4 is 5.73 Å². The molecule has 0 heterocycles. The van der Waals surface area contributed by atoms with Gasteiger partial charge in [0.1, 0.15) is 0 Å². The van der Waals surface area contributed by atoms with Crippen LogP contribution in [0.15, 0.2) is 0 Å². The second-order valence-electron chi connectivity index (χ2n) is 4.84. The van der Waals surface area contributed by atoms with E-state index >= 15 is 0 Å². The van der Waals surface area contributed by atoms with Gasteiger partial charge in [0.05, 0.1) is 5.54 Å². The Hall–Kier alpha value is -0.180. The first-order chi connectivity index (χ1) is 5.31. The second kappa shape index (κ2) is 1.84. The minimum absolute atomic E-state index is 0.00347. The van der Waals surface area contributed by atoms with E-state index in [0.717, 1.165) is 6.42 Å². The van der Waals surface area contributed by atoms with Crippen molar-refractivity contribution >= 4 is 0 Å². The van der Waals surface area contributed by atoms with Gasteiger partial charge in [0, 0.05) is 6.42 Å². The van der Waals surface area contributed by atoms with E-state index in [1.54, 1.807) is 0 Å². The summed E-state index contributed by atoms with van der Waals surface area (Å²) >= 11 is 0. The summed E-state index contributed by atoms with van der Waals surface area (Å²) < 4.78 is 26.8. The number of fused-ring (bicyclic) bond motifs is 2. The fourth-order valence-corrected chi connectivity index (χ4v) is 2.95. The Bertz CT molecular complexity index is 225. The monoisotopic (exact) mass is 175 g/mol. The quantitative estimate of drug-likeness (QED) is 0.600. The van der Waals surface area contributed by atoms with E-state index in [0.29, 0.717) is 6.42 Å². The van der Waals surface area contributed by atoms with Gasteiger partial charge in [-0.3, -0.25) is 0 Å². The fourth-order valence-electron chi connectivity index (χ4n) is 2.95. The van der Waals surface area contributed by atoms with E-state index in [4.69, 9.17) is 5.73 Å². The average molecular weight is 175 g/mol. The Labute approximate surface area is 71.3 Å². The van der Waals surface area contributed by atoms with Gasteiger partial charge in [-0.15, -0.1) is 0 Å². The molecule has 0 spiro atoms. The summed E-state index contributed by atoms with van der Waals surface area (Å²) in [5.74, 6) is -2.52. The van der Waals surface area contributed by atoms with Crippen molar-refractivity contribution in [3.63, 3.8) is 0 Å². The largest absolute Gasteiger partial charge is 0.320 e. The minimum Gasteiger partial charge on any atom is -0.320 e. The number of halogens is 2. The van der Waals surface area contributed by atoms with Crippen LogP contribution in [-0.2, 0) is 0 Å². The van der Waals surface area contributed by atoms with Crippen molar-refractivity contribution in [2.24, 2.45) is 17.1 Å². The molecule has 70 valence electrons. The summed E-state index contributed by atoms with van der Waals surface area (Å²) in [4.78, 5) is 0. The van der Waals surface area contributed by atoms with Gasteiger partial charge < -0.3 is 5.73 Å². The molecule has 12 heavy (non-hydrogen) atoms. The molecule has 0 saturated heterocycles. The van der Waals surface area contributed by atoms with Crippen LogP contribution in [0.1, 0.15) is 33.1 Å². The molecule has 0 radical (unpaired) electrons. The molecule has 0 amide bonds. The molecular formula is C9H15F2N. The van der Waals surface area contributed by atoms with Crippen LogP contribution in [0.5, 0.6) is 0 Å². The molecule has 2 bridgehead atoms. The maximum atomic E-state index is 13.4. The molecule has 2 rings (SSSR count). The van der Waals surface area contributed by atoms with Crippen LogP contribution in [-0.4, -0.2) is 11.5 Å². The van der Waals surface area contributed by atoms with Crippen LogP contribution in [0.4, 0.5) is 8.78 Å². The maximum absolute atomic E-state index is 13.4. The summed E-state index contributed by atoms with van der Waals surface area (Å²) in [6, 6.07) is 0. The first kappa shape index (κ1) is 8.42. The number of nitrogens with two attached hydrogens (primary N) is 1. The number of hydrogen-bond donors (Lipinski definition) is 1. The zero-order valence-electron chi connectivity index (χ0n) is 7.53. The van der Waals surface area contributed by atoms with Crippen molar-refractivity contribution in [3.8, 4) is 0 Å². The molecule has 0 aromatic rings. The lowest BCUT2D eigenvalue weighted by Crippen LogP contribution is -2.57. The van der Waals surface area contributed by atoms with E-state index in [2.05, 4.69) is 0 Å². The van der Waals surface area contributed by atoms with Gasteiger partial charge in [0.15, 0.2) is 0 Å².